The van der Waals surface area contributed by atoms with E-state index in [1.807, 2.05) is 7.11 Å². The van der Waals surface area contributed by atoms with Crippen molar-refractivity contribution in [1.29, 1.82) is 0 Å². The van der Waals surface area contributed by atoms with E-state index in [-0.39, 0.29) is 0 Å². The van der Waals surface area contributed by atoms with Gasteiger partial charge in [-0.05, 0) is 94.3 Å². The molecule has 3 fully saturated rings. The van der Waals surface area contributed by atoms with E-state index in [4.69, 9.17) is 9.47 Å². The van der Waals surface area contributed by atoms with Gasteiger partial charge in [-0.1, -0.05) is 25.5 Å². The Labute approximate surface area is 155 Å². The van der Waals surface area contributed by atoms with Gasteiger partial charge < -0.3 is 9.47 Å². The van der Waals surface area contributed by atoms with E-state index in [1.165, 1.54) is 77.0 Å². The molecule has 2 saturated carbocycles. The molecule has 2 heteroatoms. The maximum Gasteiger partial charge on any atom is 0.0603 e. The van der Waals surface area contributed by atoms with E-state index in [9.17, 15) is 0 Å². The van der Waals surface area contributed by atoms with Crippen LogP contribution in [0.3, 0.4) is 0 Å². The second kappa shape index (κ2) is 10.1. The average Bonchev–Trinajstić information content (AvgIpc) is 2.68. The molecule has 0 spiro atoms. The fourth-order valence-corrected chi connectivity index (χ4v) is 5.37. The van der Waals surface area contributed by atoms with Crippen LogP contribution in [0.5, 0.6) is 0 Å². The number of rotatable bonds is 6. The highest BCUT2D eigenvalue weighted by Gasteiger charge is 2.31. The van der Waals surface area contributed by atoms with E-state index in [2.05, 4.69) is 19.1 Å². The summed E-state index contributed by atoms with van der Waals surface area (Å²) in [4.78, 5) is 0. The van der Waals surface area contributed by atoms with E-state index < -0.39 is 0 Å². The van der Waals surface area contributed by atoms with Gasteiger partial charge in [0.25, 0.3) is 0 Å². The van der Waals surface area contributed by atoms with Crippen molar-refractivity contribution < 1.29 is 9.47 Å². The van der Waals surface area contributed by atoms with Gasteiger partial charge in [0.1, 0.15) is 0 Å². The molecule has 2 nitrogen and oxygen atoms in total. The summed E-state index contributed by atoms with van der Waals surface area (Å²) in [5.41, 5.74) is 0. The number of hydrogen-bond acceptors (Lipinski definition) is 2. The van der Waals surface area contributed by atoms with Crippen LogP contribution in [0.2, 0.25) is 0 Å². The van der Waals surface area contributed by atoms with Gasteiger partial charge >= 0.3 is 0 Å². The molecule has 2 unspecified atom stereocenters. The number of ether oxygens (including phenoxy) is 2. The van der Waals surface area contributed by atoms with Crippen LogP contribution in [-0.4, -0.2) is 25.9 Å². The summed E-state index contributed by atoms with van der Waals surface area (Å²) in [6.45, 7) is 3.33. The van der Waals surface area contributed by atoms with Gasteiger partial charge in [0.15, 0.2) is 0 Å². The van der Waals surface area contributed by atoms with E-state index >= 15 is 0 Å². The molecule has 0 radical (unpaired) electrons. The van der Waals surface area contributed by atoms with Crippen LogP contribution in [0.25, 0.3) is 0 Å². The minimum atomic E-state index is 0.521. The first kappa shape index (κ1) is 19.4. The van der Waals surface area contributed by atoms with Crippen LogP contribution in [0, 0.1) is 23.7 Å². The van der Waals surface area contributed by atoms with E-state index in [1.54, 1.807) is 0 Å². The maximum absolute atomic E-state index is 6.26. The van der Waals surface area contributed by atoms with Crippen LogP contribution in [0.15, 0.2) is 12.2 Å². The van der Waals surface area contributed by atoms with E-state index in [0.717, 1.165) is 30.3 Å². The molecule has 2 aliphatic carbocycles. The zero-order valence-corrected chi connectivity index (χ0v) is 16.6. The fraction of sp³-hybridized carbons (Fsp3) is 0.913. The molecule has 3 rings (SSSR count). The molecule has 1 aliphatic heterocycles. The SMILES string of the molecule is CCCC1CCC(C2CCC(C=CC3CCC(OC)CC3)CC2)OC1. The van der Waals surface area contributed by atoms with Gasteiger partial charge in [0, 0.05) is 13.7 Å². The zero-order valence-electron chi connectivity index (χ0n) is 16.6. The average molecular weight is 349 g/mol. The molecular weight excluding hydrogens is 308 g/mol. The van der Waals surface area contributed by atoms with Gasteiger partial charge in [0.2, 0.25) is 0 Å². The van der Waals surface area contributed by atoms with Gasteiger partial charge in [-0.2, -0.15) is 0 Å². The topological polar surface area (TPSA) is 18.5 Å². The zero-order chi connectivity index (χ0) is 17.5. The molecule has 3 aliphatic rings. The first-order valence-corrected chi connectivity index (χ1v) is 11.1. The summed E-state index contributed by atoms with van der Waals surface area (Å²) in [7, 11) is 1.86. The van der Waals surface area contributed by atoms with Crippen LogP contribution in [-0.2, 0) is 9.47 Å². The molecule has 1 heterocycles. The molecule has 0 bridgehead atoms. The monoisotopic (exact) mass is 348 g/mol. The first-order valence-electron chi connectivity index (χ1n) is 11.1. The lowest BCUT2D eigenvalue weighted by molar-refractivity contribution is -0.0583. The molecule has 0 amide bonds. The van der Waals surface area contributed by atoms with Gasteiger partial charge in [0.05, 0.1) is 12.2 Å². The summed E-state index contributed by atoms with van der Waals surface area (Å²) < 4.78 is 11.8. The van der Waals surface area contributed by atoms with Crippen molar-refractivity contribution in [1.82, 2.24) is 0 Å². The summed E-state index contributed by atoms with van der Waals surface area (Å²) in [6.07, 6.45) is 22.3. The van der Waals surface area contributed by atoms with Gasteiger partial charge in [-0.25, -0.2) is 0 Å². The minimum Gasteiger partial charge on any atom is -0.381 e. The Hall–Kier alpha value is -0.340. The molecule has 2 atom stereocenters. The number of hydrogen-bond donors (Lipinski definition) is 0. The number of methoxy groups -OCH3 is 1. The van der Waals surface area contributed by atoms with Crippen molar-refractivity contribution in [3.63, 3.8) is 0 Å². The Morgan fingerprint density at radius 1 is 0.840 bits per heavy atom. The lowest BCUT2D eigenvalue weighted by Crippen LogP contribution is -2.34. The second-order valence-electron chi connectivity index (χ2n) is 8.94. The Morgan fingerprint density at radius 3 is 2.00 bits per heavy atom. The number of allylic oxidation sites excluding steroid dienone is 2. The van der Waals surface area contributed by atoms with E-state index in [0.29, 0.717) is 12.2 Å². The Balaban J connectivity index is 1.34. The summed E-state index contributed by atoms with van der Waals surface area (Å²) in [5.74, 6) is 3.31. The van der Waals surface area contributed by atoms with Crippen molar-refractivity contribution in [3.05, 3.63) is 12.2 Å². The molecule has 0 aromatic rings. The Bertz CT molecular complexity index is 381. The largest absolute Gasteiger partial charge is 0.381 e. The molecular formula is C23H40O2. The quantitative estimate of drug-likeness (QED) is 0.536. The highest BCUT2D eigenvalue weighted by molar-refractivity contribution is 4.97. The third-order valence-electron chi connectivity index (χ3n) is 7.15. The molecule has 0 aromatic carbocycles. The Morgan fingerprint density at radius 2 is 1.48 bits per heavy atom. The predicted molar refractivity (Wildman–Crippen MR) is 105 cm³/mol. The highest BCUT2D eigenvalue weighted by Crippen LogP contribution is 2.37. The summed E-state index contributed by atoms with van der Waals surface area (Å²) in [5, 5.41) is 0. The molecule has 144 valence electrons. The third kappa shape index (κ3) is 5.82. The lowest BCUT2D eigenvalue weighted by Gasteiger charge is -2.37. The second-order valence-corrected chi connectivity index (χ2v) is 8.94. The third-order valence-corrected chi connectivity index (χ3v) is 7.15. The van der Waals surface area contributed by atoms with Crippen molar-refractivity contribution in [2.24, 2.45) is 23.7 Å². The van der Waals surface area contributed by atoms with Crippen molar-refractivity contribution in [3.8, 4) is 0 Å². The lowest BCUT2D eigenvalue weighted by atomic mass is 9.76. The van der Waals surface area contributed by atoms with Crippen LogP contribution < -0.4 is 0 Å². The fourth-order valence-electron chi connectivity index (χ4n) is 5.37. The molecule has 0 aromatic heterocycles. The molecule has 1 saturated heterocycles. The van der Waals surface area contributed by atoms with Gasteiger partial charge in [-0.15, -0.1) is 0 Å². The van der Waals surface area contributed by atoms with Crippen molar-refractivity contribution >= 4 is 0 Å². The standard InChI is InChI=1S/C23H40O2/c1-3-4-20-11-16-23(25-17-20)21-12-7-18(8-13-21)5-6-19-9-14-22(24-2)15-10-19/h5-6,18-23H,3-4,7-17H2,1-2H3. The Kier molecular flexibility index (Phi) is 7.86. The van der Waals surface area contributed by atoms with Crippen LogP contribution in [0.4, 0.5) is 0 Å². The van der Waals surface area contributed by atoms with Crippen LogP contribution in [0.1, 0.15) is 84.0 Å². The smallest absolute Gasteiger partial charge is 0.0603 e. The summed E-state index contributed by atoms with van der Waals surface area (Å²) >= 11 is 0. The molecule has 25 heavy (non-hydrogen) atoms. The predicted octanol–water partition coefficient (Wildman–Crippen LogP) is 6.15. The molecule has 0 N–H and O–H groups in total. The van der Waals surface area contributed by atoms with Crippen LogP contribution >= 0.6 is 0 Å². The van der Waals surface area contributed by atoms with Crippen molar-refractivity contribution in [2.45, 2.75) is 96.2 Å². The first-order chi connectivity index (χ1) is 12.3. The summed E-state index contributed by atoms with van der Waals surface area (Å²) in [6, 6.07) is 0. The maximum atomic E-state index is 6.26. The minimum absolute atomic E-state index is 0.521. The normalized spacial score (nSPS) is 40.4. The van der Waals surface area contributed by atoms with Crippen molar-refractivity contribution in [2.75, 3.05) is 13.7 Å². The van der Waals surface area contributed by atoms with Gasteiger partial charge in [-0.3, -0.25) is 0 Å². The highest BCUT2D eigenvalue weighted by atomic mass is 16.5.